The lowest BCUT2D eigenvalue weighted by Gasteiger charge is -2.33. The minimum atomic E-state index is -0.183. The fraction of sp³-hybridized carbons (Fsp3) is 0.269. The number of nitrogens with zero attached hydrogens (tertiary/aromatic N) is 4. The molecule has 1 fully saturated rings. The van der Waals surface area contributed by atoms with Crippen molar-refractivity contribution in [3.8, 4) is 17.0 Å². The molecule has 0 saturated carbocycles. The number of nitrogens with one attached hydrogen (secondary N) is 2. The molecule has 2 N–H and O–H groups in total. The van der Waals surface area contributed by atoms with Crippen molar-refractivity contribution in [1.29, 1.82) is 0 Å². The standard InChI is InChI=1S/C26H25BCl2N6O2/c1-37-23-9-8-17(28)11-22(23)33-26(36)34-10-4-5-16(15-34)13-30-24-12-21(18-6-2-3-7-20(18)29)32-25-19(27)14-31-35(24)25/h2-3,6-9,11-12,14,16,30H,4-5,10,13,15H2,1H3,(H,33,36). The Hall–Kier alpha value is -3.43. The maximum atomic E-state index is 13.0. The smallest absolute Gasteiger partial charge is 0.321 e. The van der Waals surface area contributed by atoms with Gasteiger partial charge in [0, 0.05) is 47.5 Å². The van der Waals surface area contributed by atoms with Crippen LogP contribution in [0.3, 0.4) is 0 Å². The monoisotopic (exact) mass is 534 g/mol. The van der Waals surface area contributed by atoms with Gasteiger partial charge in [0.1, 0.15) is 19.4 Å². The van der Waals surface area contributed by atoms with E-state index in [0.717, 1.165) is 24.2 Å². The van der Waals surface area contributed by atoms with Crippen LogP contribution in [0.15, 0.2) is 54.7 Å². The fourth-order valence-corrected chi connectivity index (χ4v) is 4.95. The number of urea groups is 1. The summed E-state index contributed by atoms with van der Waals surface area (Å²) in [5.74, 6) is 1.55. The number of aromatic nitrogens is 3. The summed E-state index contributed by atoms with van der Waals surface area (Å²) in [5.41, 5.74) is 3.09. The maximum absolute atomic E-state index is 13.0. The van der Waals surface area contributed by atoms with Gasteiger partial charge in [-0.25, -0.2) is 9.78 Å². The average Bonchev–Trinajstić information content (AvgIpc) is 3.28. The molecule has 1 atom stereocenters. The average molecular weight is 535 g/mol. The molecule has 8 nitrogen and oxygen atoms in total. The Bertz CT molecular complexity index is 1450. The molecule has 4 aromatic rings. The van der Waals surface area contributed by atoms with Gasteiger partial charge in [0.2, 0.25) is 0 Å². The Morgan fingerprint density at radius 1 is 1.22 bits per heavy atom. The molecule has 1 saturated heterocycles. The van der Waals surface area contributed by atoms with Gasteiger partial charge in [-0.15, -0.1) is 0 Å². The molecular weight excluding hydrogens is 510 g/mol. The molecule has 1 unspecified atom stereocenters. The number of rotatable bonds is 6. The predicted molar refractivity (Wildman–Crippen MR) is 149 cm³/mol. The minimum absolute atomic E-state index is 0.183. The zero-order chi connectivity index (χ0) is 25.9. The number of carbonyl (C=O) groups is 1. The van der Waals surface area contributed by atoms with E-state index in [1.165, 1.54) is 0 Å². The number of benzene rings is 2. The molecule has 3 heterocycles. The Kier molecular flexibility index (Phi) is 7.44. The van der Waals surface area contributed by atoms with Crippen LogP contribution < -0.4 is 20.8 Å². The molecule has 0 spiro atoms. The predicted octanol–water partition coefficient (Wildman–Crippen LogP) is 4.86. The van der Waals surface area contributed by atoms with Crippen LogP contribution in [0, 0.1) is 5.92 Å². The number of ether oxygens (including phenoxy) is 1. The van der Waals surface area contributed by atoms with Crippen LogP contribution in [0.25, 0.3) is 16.9 Å². The normalized spacial score (nSPS) is 15.5. The lowest BCUT2D eigenvalue weighted by molar-refractivity contribution is 0.180. The maximum Gasteiger partial charge on any atom is 0.321 e. The van der Waals surface area contributed by atoms with Crippen LogP contribution in [-0.4, -0.2) is 60.1 Å². The topological polar surface area (TPSA) is 83.8 Å². The first-order valence-electron chi connectivity index (χ1n) is 12.0. The highest BCUT2D eigenvalue weighted by molar-refractivity contribution is 6.36. The van der Waals surface area contributed by atoms with E-state index in [1.807, 2.05) is 35.2 Å². The van der Waals surface area contributed by atoms with Crippen LogP contribution in [0.2, 0.25) is 10.0 Å². The summed E-state index contributed by atoms with van der Waals surface area (Å²) < 4.78 is 7.04. The number of anilines is 2. The van der Waals surface area contributed by atoms with Crippen molar-refractivity contribution in [2.24, 2.45) is 5.92 Å². The Morgan fingerprint density at radius 3 is 2.86 bits per heavy atom. The molecular formula is C26H25BCl2N6O2. The number of methoxy groups -OCH3 is 1. The van der Waals surface area contributed by atoms with Crippen LogP contribution >= 0.6 is 23.2 Å². The van der Waals surface area contributed by atoms with Crippen LogP contribution in [0.5, 0.6) is 5.75 Å². The number of amides is 2. The Morgan fingerprint density at radius 2 is 2.05 bits per heavy atom. The summed E-state index contributed by atoms with van der Waals surface area (Å²) in [5, 5.41) is 12.0. The molecule has 37 heavy (non-hydrogen) atoms. The van der Waals surface area contributed by atoms with E-state index in [0.29, 0.717) is 57.9 Å². The van der Waals surface area contributed by atoms with E-state index in [2.05, 4.69) is 20.7 Å². The van der Waals surface area contributed by atoms with E-state index in [9.17, 15) is 4.79 Å². The van der Waals surface area contributed by atoms with E-state index >= 15 is 0 Å². The second-order valence-electron chi connectivity index (χ2n) is 8.95. The van der Waals surface area contributed by atoms with E-state index in [1.54, 1.807) is 36.0 Å². The summed E-state index contributed by atoms with van der Waals surface area (Å²) in [6, 6.07) is 14.4. The summed E-state index contributed by atoms with van der Waals surface area (Å²) in [6.45, 7) is 1.93. The third kappa shape index (κ3) is 5.48. The third-order valence-corrected chi connectivity index (χ3v) is 6.99. The van der Waals surface area contributed by atoms with E-state index in [4.69, 9.17) is 35.8 Å². The summed E-state index contributed by atoms with van der Waals surface area (Å²) >= 11 is 12.5. The second-order valence-corrected chi connectivity index (χ2v) is 9.80. The van der Waals surface area contributed by atoms with Crippen molar-refractivity contribution in [2.45, 2.75) is 12.8 Å². The molecule has 2 radical (unpaired) electrons. The highest BCUT2D eigenvalue weighted by Crippen LogP contribution is 2.30. The molecule has 2 aromatic carbocycles. The fourth-order valence-electron chi connectivity index (χ4n) is 4.55. The molecule has 1 aliphatic rings. The number of halogens is 2. The number of piperidine rings is 1. The van der Waals surface area contributed by atoms with Gasteiger partial charge in [0.15, 0.2) is 5.65 Å². The first-order chi connectivity index (χ1) is 17.9. The zero-order valence-electron chi connectivity index (χ0n) is 20.2. The van der Waals surface area contributed by atoms with Gasteiger partial charge in [-0.05, 0) is 48.5 Å². The quantitative estimate of drug-likeness (QED) is 0.345. The number of hydrogen-bond donors (Lipinski definition) is 2. The Balaban J connectivity index is 1.30. The number of carbonyl (C=O) groups excluding carboxylic acids is 1. The van der Waals surface area contributed by atoms with Crippen molar-refractivity contribution in [3.63, 3.8) is 0 Å². The first kappa shape index (κ1) is 25.2. The molecule has 1 aliphatic heterocycles. The summed E-state index contributed by atoms with van der Waals surface area (Å²) in [7, 11) is 7.70. The molecule has 188 valence electrons. The van der Waals surface area contributed by atoms with Gasteiger partial charge in [-0.3, -0.25) is 0 Å². The highest BCUT2D eigenvalue weighted by atomic mass is 35.5. The molecule has 0 aliphatic carbocycles. The van der Waals surface area contributed by atoms with Gasteiger partial charge in [-0.1, -0.05) is 41.4 Å². The minimum Gasteiger partial charge on any atom is -0.495 e. The van der Waals surface area contributed by atoms with Crippen molar-refractivity contribution in [2.75, 3.05) is 37.4 Å². The molecule has 11 heteroatoms. The summed E-state index contributed by atoms with van der Waals surface area (Å²) in [6.07, 6.45) is 3.47. The van der Waals surface area contributed by atoms with Crippen molar-refractivity contribution in [1.82, 2.24) is 19.5 Å². The SMILES string of the molecule is [B]c1cnn2c(NCC3CCCN(C(=O)Nc4cc(Cl)ccc4OC)C3)cc(-c3ccccc3Cl)nc12. The molecule has 0 bridgehead atoms. The molecule has 2 aromatic heterocycles. The number of fused-ring (bicyclic) bond motifs is 1. The Labute approximate surface area is 226 Å². The van der Waals surface area contributed by atoms with Gasteiger partial charge in [0.25, 0.3) is 0 Å². The van der Waals surface area contributed by atoms with E-state index < -0.39 is 0 Å². The molecule has 5 rings (SSSR count). The zero-order valence-corrected chi connectivity index (χ0v) is 21.8. The van der Waals surface area contributed by atoms with Gasteiger partial charge in [-0.2, -0.15) is 9.61 Å². The van der Waals surface area contributed by atoms with Crippen LogP contribution in [0.1, 0.15) is 12.8 Å². The summed E-state index contributed by atoms with van der Waals surface area (Å²) in [4.78, 5) is 19.5. The number of likely N-dealkylation sites (tertiary alicyclic amines) is 1. The van der Waals surface area contributed by atoms with Crippen LogP contribution in [-0.2, 0) is 0 Å². The first-order valence-corrected chi connectivity index (χ1v) is 12.7. The lowest BCUT2D eigenvalue weighted by Crippen LogP contribution is -2.44. The second kappa shape index (κ2) is 10.9. The van der Waals surface area contributed by atoms with Crippen molar-refractivity contribution in [3.05, 3.63) is 64.8 Å². The van der Waals surface area contributed by atoms with Crippen molar-refractivity contribution < 1.29 is 9.53 Å². The van der Waals surface area contributed by atoms with Crippen LogP contribution in [0.4, 0.5) is 16.3 Å². The van der Waals surface area contributed by atoms with Gasteiger partial charge < -0.3 is 20.3 Å². The van der Waals surface area contributed by atoms with Gasteiger partial charge >= 0.3 is 6.03 Å². The van der Waals surface area contributed by atoms with Gasteiger partial charge in [0.05, 0.1) is 18.5 Å². The van der Waals surface area contributed by atoms with Crippen molar-refractivity contribution >= 4 is 59.7 Å². The largest absolute Gasteiger partial charge is 0.495 e. The third-order valence-electron chi connectivity index (χ3n) is 6.43. The lowest BCUT2D eigenvalue weighted by atomic mass is 9.98. The molecule has 2 amide bonds. The highest BCUT2D eigenvalue weighted by Gasteiger charge is 2.25. The number of hydrogen-bond acceptors (Lipinski definition) is 5. The van der Waals surface area contributed by atoms with E-state index in [-0.39, 0.29) is 11.9 Å².